The second-order valence-electron chi connectivity index (χ2n) is 3.93. The van der Waals surface area contributed by atoms with Gasteiger partial charge in [-0.2, -0.15) is 0 Å². The largest absolute Gasteiger partial charge is 0.300 e. The molecule has 0 fully saturated rings. The lowest BCUT2D eigenvalue weighted by Gasteiger charge is -2.15. The molecule has 18 heavy (non-hydrogen) atoms. The number of hydrogen-bond acceptors (Lipinski definition) is 2. The van der Waals surface area contributed by atoms with E-state index >= 15 is 0 Å². The Labute approximate surface area is 114 Å². The number of ketones is 1. The molecule has 1 rings (SSSR count). The van der Waals surface area contributed by atoms with Gasteiger partial charge in [0.2, 0.25) is 0 Å². The number of halogens is 4. The highest BCUT2D eigenvalue weighted by molar-refractivity contribution is 6.43. The van der Waals surface area contributed by atoms with E-state index < -0.39 is 6.43 Å². The number of carbonyl (C=O) groups is 1. The monoisotopic (exact) mass is 295 g/mol. The number of rotatable bonds is 6. The number of nitrogens with zero attached hydrogens (tertiary/aromatic N) is 1. The van der Waals surface area contributed by atoms with Crippen LogP contribution in [0.15, 0.2) is 18.2 Å². The molecule has 0 saturated carbocycles. The maximum Gasteiger partial charge on any atom is 0.251 e. The first kappa shape index (κ1) is 15.3. The number of carbonyl (C=O) groups excluding carboxylic acids is 1. The van der Waals surface area contributed by atoms with Crippen molar-refractivity contribution in [1.82, 2.24) is 4.90 Å². The van der Waals surface area contributed by atoms with E-state index in [0.717, 1.165) is 0 Å². The lowest BCUT2D eigenvalue weighted by atomic mass is 10.1. The van der Waals surface area contributed by atoms with E-state index in [1.165, 1.54) is 4.90 Å². The average molecular weight is 296 g/mol. The minimum Gasteiger partial charge on any atom is -0.300 e. The molecule has 0 radical (unpaired) electrons. The van der Waals surface area contributed by atoms with E-state index in [0.29, 0.717) is 10.6 Å². The molecule has 0 spiro atoms. The van der Waals surface area contributed by atoms with E-state index in [4.69, 9.17) is 23.2 Å². The van der Waals surface area contributed by atoms with Crippen molar-refractivity contribution in [1.29, 1.82) is 0 Å². The summed E-state index contributed by atoms with van der Waals surface area (Å²) in [5.41, 5.74) is 0.328. The maximum atomic E-state index is 12.1. The zero-order valence-electron chi connectivity index (χ0n) is 9.80. The highest BCUT2D eigenvalue weighted by atomic mass is 35.5. The molecule has 0 N–H and O–H groups in total. The number of Topliss-reactive ketones (excluding diaryl/α,β-unsaturated/α-hetero) is 1. The van der Waals surface area contributed by atoms with E-state index in [9.17, 15) is 13.6 Å². The Kier molecular flexibility index (Phi) is 5.99. The van der Waals surface area contributed by atoms with Gasteiger partial charge in [0.05, 0.1) is 16.6 Å². The summed E-state index contributed by atoms with van der Waals surface area (Å²) in [6, 6.07) is 4.79. The molecule has 0 heterocycles. The van der Waals surface area contributed by atoms with Crippen LogP contribution in [-0.2, 0) is 0 Å². The Morgan fingerprint density at radius 1 is 1.39 bits per heavy atom. The average Bonchev–Trinajstić information content (AvgIpc) is 2.29. The SMILES string of the molecule is CN(CCC(=O)c1cccc(Cl)c1Cl)CC(F)F. The summed E-state index contributed by atoms with van der Waals surface area (Å²) < 4.78 is 24.2. The summed E-state index contributed by atoms with van der Waals surface area (Å²) >= 11 is 11.7. The van der Waals surface area contributed by atoms with Crippen LogP contribution in [0.2, 0.25) is 10.0 Å². The van der Waals surface area contributed by atoms with Gasteiger partial charge in [-0.15, -0.1) is 0 Å². The van der Waals surface area contributed by atoms with E-state index in [-0.39, 0.29) is 30.3 Å². The summed E-state index contributed by atoms with van der Waals surface area (Å²) in [6.07, 6.45) is -2.27. The van der Waals surface area contributed by atoms with Gasteiger partial charge < -0.3 is 4.90 Å². The first-order valence-electron chi connectivity index (χ1n) is 5.35. The molecule has 0 aliphatic heterocycles. The third-order valence-corrected chi connectivity index (χ3v) is 3.24. The fraction of sp³-hybridized carbons (Fsp3) is 0.417. The van der Waals surface area contributed by atoms with Gasteiger partial charge in [-0.05, 0) is 19.2 Å². The Hall–Kier alpha value is -0.710. The van der Waals surface area contributed by atoms with Crippen molar-refractivity contribution >= 4 is 29.0 Å². The summed E-state index contributed by atoms with van der Waals surface area (Å²) in [5.74, 6) is -0.205. The predicted molar refractivity (Wildman–Crippen MR) is 68.9 cm³/mol. The fourth-order valence-electron chi connectivity index (χ4n) is 1.47. The van der Waals surface area contributed by atoms with Gasteiger partial charge in [0.1, 0.15) is 0 Å². The van der Waals surface area contributed by atoms with Gasteiger partial charge in [0, 0.05) is 18.5 Å². The molecule has 0 atom stereocenters. The second-order valence-corrected chi connectivity index (χ2v) is 4.71. The molecule has 0 bridgehead atoms. The highest BCUT2D eigenvalue weighted by Crippen LogP contribution is 2.26. The molecular formula is C12H13Cl2F2NO. The molecule has 0 saturated heterocycles. The smallest absolute Gasteiger partial charge is 0.251 e. The number of benzene rings is 1. The van der Waals surface area contributed by atoms with Crippen LogP contribution in [0.3, 0.4) is 0 Å². The molecule has 2 nitrogen and oxygen atoms in total. The molecule has 0 aliphatic carbocycles. The van der Waals surface area contributed by atoms with Crippen molar-refractivity contribution in [2.24, 2.45) is 0 Å². The van der Waals surface area contributed by atoms with Gasteiger partial charge in [0.15, 0.2) is 5.78 Å². The van der Waals surface area contributed by atoms with Crippen molar-refractivity contribution in [3.05, 3.63) is 33.8 Å². The van der Waals surface area contributed by atoms with Crippen LogP contribution in [0.4, 0.5) is 8.78 Å². The third-order valence-electron chi connectivity index (χ3n) is 2.42. The second kappa shape index (κ2) is 7.02. The van der Waals surface area contributed by atoms with Gasteiger partial charge in [-0.3, -0.25) is 4.79 Å². The van der Waals surface area contributed by atoms with Gasteiger partial charge in [-0.1, -0.05) is 29.3 Å². The third kappa shape index (κ3) is 4.52. The van der Waals surface area contributed by atoms with E-state index in [1.54, 1.807) is 25.2 Å². The van der Waals surface area contributed by atoms with E-state index in [2.05, 4.69) is 0 Å². The van der Waals surface area contributed by atoms with Crippen molar-refractivity contribution in [2.45, 2.75) is 12.8 Å². The van der Waals surface area contributed by atoms with Crippen LogP contribution in [0.5, 0.6) is 0 Å². The van der Waals surface area contributed by atoms with Crippen molar-refractivity contribution < 1.29 is 13.6 Å². The molecule has 1 aromatic carbocycles. The van der Waals surface area contributed by atoms with Gasteiger partial charge in [0.25, 0.3) is 6.43 Å². The lowest BCUT2D eigenvalue weighted by Crippen LogP contribution is -2.27. The Bertz CT molecular complexity index is 427. The van der Waals surface area contributed by atoms with Crippen LogP contribution in [0.1, 0.15) is 16.8 Å². The summed E-state index contributed by atoms with van der Waals surface area (Å²) in [5, 5.41) is 0.518. The molecule has 6 heteroatoms. The minimum absolute atomic E-state index is 0.128. The van der Waals surface area contributed by atoms with Crippen LogP contribution in [0, 0.1) is 0 Å². The molecular weight excluding hydrogens is 283 g/mol. The standard InChI is InChI=1S/C12H13Cl2F2NO/c1-17(7-11(15)16)6-5-10(18)8-3-2-4-9(13)12(8)14/h2-4,11H,5-7H2,1H3. The lowest BCUT2D eigenvalue weighted by molar-refractivity contribution is 0.0881. The maximum absolute atomic E-state index is 12.1. The van der Waals surface area contributed by atoms with Crippen molar-refractivity contribution in [3.63, 3.8) is 0 Å². The molecule has 0 amide bonds. The Balaban J connectivity index is 2.58. The first-order chi connectivity index (χ1) is 8.41. The predicted octanol–water partition coefficient (Wildman–Crippen LogP) is 3.76. The Morgan fingerprint density at radius 3 is 2.67 bits per heavy atom. The normalized spacial score (nSPS) is 11.3. The molecule has 0 aliphatic rings. The Morgan fingerprint density at radius 2 is 2.06 bits per heavy atom. The molecule has 1 aromatic rings. The highest BCUT2D eigenvalue weighted by Gasteiger charge is 2.14. The fourth-order valence-corrected chi connectivity index (χ4v) is 1.88. The topological polar surface area (TPSA) is 20.3 Å². The molecule has 0 aromatic heterocycles. The van der Waals surface area contributed by atoms with Gasteiger partial charge in [-0.25, -0.2) is 8.78 Å². The number of hydrogen-bond donors (Lipinski definition) is 0. The van der Waals surface area contributed by atoms with Crippen LogP contribution in [-0.4, -0.2) is 37.2 Å². The first-order valence-corrected chi connectivity index (χ1v) is 6.11. The quantitative estimate of drug-likeness (QED) is 0.745. The zero-order chi connectivity index (χ0) is 13.7. The summed E-state index contributed by atoms with van der Waals surface area (Å²) in [4.78, 5) is 13.3. The van der Waals surface area contributed by atoms with Crippen LogP contribution >= 0.6 is 23.2 Å². The van der Waals surface area contributed by atoms with Crippen LogP contribution in [0.25, 0.3) is 0 Å². The summed E-state index contributed by atoms with van der Waals surface area (Å²) in [7, 11) is 1.54. The van der Waals surface area contributed by atoms with Crippen molar-refractivity contribution in [3.8, 4) is 0 Å². The van der Waals surface area contributed by atoms with E-state index in [1.807, 2.05) is 0 Å². The van der Waals surface area contributed by atoms with Crippen LogP contribution < -0.4 is 0 Å². The minimum atomic E-state index is -2.40. The molecule has 0 unspecified atom stereocenters. The van der Waals surface area contributed by atoms with Gasteiger partial charge >= 0.3 is 0 Å². The zero-order valence-corrected chi connectivity index (χ0v) is 11.3. The van der Waals surface area contributed by atoms with Crippen molar-refractivity contribution in [2.75, 3.05) is 20.1 Å². The summed E-state index contributed by atoms with van der Waals surface area (Å²) in [6.45, 7) is -0.0947. The molecule has 100 valence electrons. The number of alkyl halides is 2.